The molecule has 1 heterocycles. The quantitative estimate of drug-likeness (QED) is 0.641. The molecule has 3 aromatic rings. The Hall–Kier alpha value is -3.30. The molecule has 2 N–H and O–H groups in total. The second-order valence-corrected chi connectivity index (χ2v) is 6.24. The van der Waals surface area contributed by atoms with E-state index in [9.17, 15) is 9.59 Å². The van der Waals surface area contributed by atoms with Gasteiger partial charge in [0.25, 0.3) is 5.91 Å². The van der Waals surface area contributed by atoms with Crippen LogP contribution in [0.5, 0.6) is 0 Å². The molecule has 1 amide bonds. The van der Waals surface area contributed by atoms with Crippen molar-refractivity contribution in [1.82, 2.24) is 10.3 Å². The summed E-state index contributed by atoms with van der Waals surface area (Å²) >= 11 is 6.06. The molecule has 7 heteroatoms. The molecule has 0 bridgehead atoms. The van der Waals surface area contributed by atoms with Gasteiger partial charge in [0.2, 0.25) is 0 Å². The minimum atomic E-state index is -0.957. The minimum Gasteiger partial charge on any atom is -0.449 e. The number of nitriles is 1. The number of ether oxygens (including phenoxy) is 1. The van der Waals surface area contributed by atoms with E-state index >= 15 is 0 Å². The molecular weight excluding hydrogens is 366 g/mol. The first kappa shape index (κ1) is 18.5. The second-order valence-electron chi connectivity index (χ2n) is 5.84. The summed E-state index contributed by atoms with van der Waals surface area (Å²) in [4.78, 5) is 28.1. The van der Waals surface area contributed by atoms with Crippen molar-refractivity contribution in [2.24, 2.45) is 0 Å². The largest absolute Gasteiger partial charge is 0.449 e. The second kappa shape index (κ2) is 8.39. The number of amides is 1. The van der Waals surface area contributed by atoms with E-state index in [2.05, 4.69) is 10.3 Å². The molecule has 0 radical (unpaired) electrons. The summed E-state index contributed by atoms with van der Waals surface area (Å²) < 4.78 is 4.92. The van der Waals surface area contributed by atoms with Crippen LogP contribution in [0.4, 0.5) is 0 Å². The van der Waals surface area contributed by atoms with Crippen molar-refractivity contribution in [3.05, 3.63) is 70.9 Å². The number of para-hydroxylation sites is 1. The summed E-state index contributed by atoms with van der Waals surface area (Å²) in [5, 5.41) is 12.5. The Labute approximate surface area is 160 Å². The summed E-state index contributed by atoms with van der Waals surface area (Å²) in [5.41, 5.74) is 2.04. The van der Waals surface area contributed by atoms with Crippen LogP contribution >= 0.6 is 11.6 Å². The van der Waals surface area contributed by atoms with E-state index in [0.717, 1.165) is 16.5 Å². The first-order valence-electron chi connectivity index (χ1n) is 8.24. The molecule has 3 rings (SSSR count). The maximum absolute atomic E-state index is 12.6. The number of esters is 1. The van der Waals surface area contributed by atoms with Crippen LogP contribution < -0.4 is 5.32 Å². The third-order valence-electron chi connectivity index (χ3n) is 4.09. The van der Waals surface area contributed by atoms with Gasteiger partial charge in [0, 0.05) is 23.5 Å². The molecule has 0 aliphatic heterocycles. The number of benzene rings is 2. The van der Waals surface area contributed by atoms with Gasteiger partial charge in [0.15, 0.2) is 6.61 Å². The van der Waals surface area contributed by atoms with E-state index in [1.165, 1.54) is 0 Å². The van der Waals surface area contributed by atoms with Gasteiger partial charge < -0.3 is 15.0 Å². The molecule has 0 unspecified atom stereocenters. The van der Waals surface area contributed by atoms with Crippen molar-refractivity contribution in [2.45, 2.75) is 12.5 Å². The van der Waals surface area contributed by atoms with Crippen LogP contribution in [0.15, 0.2) is 54.7 Å². The Morgan fingerprint density at radius 3 is 2.70 bits per heavy atom. The average Bonchev–Trinajstić information content (AvgIpc) is 3.09. The molecule has 0 saturated carbocycles. The smallest absolute Gasteiger partial charge is 0.330 e. The summed E-state index contributed by atoms with van der Waals surface area (Å²) in [6, 6.07) is 15.0. The van der Waals surface area contributed by atoms with Gasteiger partial charge in [-0.3, -0.25) is 4.79 Å². The van der Waals surface area contributed by atoms with E-state index < -0.39 is 17.9 Å². The van der Waals surface area contributed by atoms with E-state index in [4.69, 9.17) is 21.6 Å². The van der Waals surface area contributed by atoms with Crippen LogP contribution in [-0.2, 0) is 16.0 Å². The zero-order valence-corrected chi connectivity index (χ0v) is 15.0. The highest BCUT2D eigenvalue weighted by atomic mass is 35.5. The molecule has 2 aromatic carbocycles. The fourth-order valence-electron chi connectivity index (χ4n) is 2.80. The van der Waals surface area contributed by atoms with Crippen LogP contribution in [-0.4, -0.2) is 29.5 Å². The summed E-state index contributed by atoms with van der Waals surface area (Å²) in [6.07, 6.45) is 2.00. The highest BCUT2D eigenvalue weighted by Gasteiger charge is 2.25. The molecule has 136 valence electrons. The average molecular weight is 382 g/mol. The first-order valence-corrected chi connectivity index (χ1v) is 8.62. The number of aromatic amines is 1. The molecule has 1 atom stereocenters. The van der Waals surface area contributed by atoms with Crippen LogP contribution in [0.2, 0.25) is 5.02 Å². The Morgan fingerprint density at radius 1 is 1.19 bits per heavy atom. The van der Waals surface area contributed by atoms with Gasteiger partial charge in [-0.05, 0) is 23.8 Å². The number of hydrogen-bond donors (Lipinski definition) is 2. The lowest BCUT2D eigenvalue weighted by atomic mass is 10.0. The minimum absolute atomic E-state index is 0.213. The van der Waals surface area contributed by atoms with Crippen molar-refractivity contribution < 1.29 is 14.3 Å². The van der Waals surface area contributed by atoms with Crippen LogP contribution in [0.25, 0.3) is 10.9 Å². The van der Waals surface area contributed by atoms with E-state index in [-0.39, 0.29) is 23.6 Å². The monoisotopic (exact) mass is 381 g/mol. The fourth-order valence-corrected chi connectivity index (χ4v) is 3.02. The zero-order valence-electron chi connectivity index (χ0n) is 14.2. The fraction of sp³-hybridized carbons (Fsp3) is 0.150. The van der Waals surface area contributed by atoms with Crippen LogP contribution in [0.1, 0.15) is 15.9 Å². The Balaban J connectivity index is 1.85. The maximum Gasteiger partial charge on any atom is 0.330 e. The van der Waals surface area contributed by atoms with Crippen molar-refractivity contribution >= 4 is 34.4 Å². The molecule has 6 nitrogen and oxygen atoms in total. The summed E-state index contributed by atoms with van der Waals surface area (Å²) in [5.74, 6) is -1.17. The topological polar surface area (TPSA) is 95.0 Å². The lowest BCUT2D eigenvalue weighted by Gasteiger charge is -2.17. The lowest BCUT2D eigenvalue weighted by Crippen LogP contribution is -2.43. The van der Waals surface area contributed by atoms with Crippen molar-refractivity contribution in [1.29, 1.82) is 5.26 Å². The first-order chi connectivity index (χ1) is 13.1. The van der Waals surface area contributed by atoms with Gasteiger partial charge in [-0.15, -0.1) is 0 Å². The van der Waals surface area contributed by atoms with Crippen molar-refractivity contribution in [3.63, 3.8) is 0 Å². The maximum atomic E-state index is 12.6. The highest BCUT2D eigenvalue weighted by Crippen LogP contribution is 2.20. The van der Waals surface area contributed by atoms with Gasteiger partial charge >= 0.3 is 5.97 Å². The number of H-pyrrole nitrogens is 1. The van der Waals surface area contributed by atoms with E-state index in [1.54, 1.807) is 36.5 Å². The van der Waals surface area contributed by atoms with Crippen molar-refractivity contribution in [3.8, 4) is 6.07 Å². The van der Waals surface area contributed by atoms with Crippen molar-refractivity contribution in [2.75, 3.05) is 6.61 Å². The number of fused-ring (bicyclic) bond motifs is 1. The third-order valence-corrected chi connectivity index (χ3v) is 4.42. The number of halogens is 1. The molecule has 0 aliphatic carbocycles. The highest BCUT2D eigenvalue weighted by molar-refractivity contribution is 6.33. The number of carbonyl (C=O) groups excluding carboxylic acids is 2. The molecule has 1 aromatic heterocycles. The van der Waals surface area contributed by atoms with Gasteiger partial charge in [0.05, 0.1) is 10.6 Å². The van der Waals surface area contributed by atoms with Crippen LogP contribution in [0.3, 0.4) is 0 Å². The van der Waals surface area contributed by atoms with Gasteiger partial charge in [-0.2, -0.15) is 5.26 Å². The number of rotatable bonds is 6. The molecule has 27 heavy (non-hydrogen) atoms. The predicted octanol–water partition coefficient (Wildman–Crippen LogP) is 3.23. The lowest BCUT2D eigenvalue weighted by molar-refractivity contribution is -0.144. The number of nitrogens with one attached hydrogen (secondary N) is 2. The SMILES string of the molecule is N#CCOC(=O)[C@H](Cc1c[nH]c2ccccc12)NC(=O)c1ccccc1Cl. The predicted molar refractivity (Wildman–Crippen MR) is 101 cm³/mol. The zero-order chi connectivity index (χ0) is 19.2. The Morgan fingerprint density at radius 2 is 1.93 bits per heavy atom. The van der Waals surface area contributed by atoms with Crippen LogP contribution in [0, 0.1) is 11.3 Å². The summed E-state index contributed by atoms with van der Waals surface area (Å²) in [6.45, 7) is -0.384. The number of hydrogen-bond acceptors (Lipinski definition) is 4. The standard InChI is InChI=1S/C20H16ClN3O3/c21-16-7-3-1-6-15(16)19(25)24-18(20(26)27-10-9-22)11-13-12-23-17-8-4-2-5-14(13)17/h1-8,12,18,23H,10-11H2,(H,24,25)/t18-/m0/s1. The third kappa shape index (κ3) is 4.27. The van der Waals surface area contributed by atoms with Gasteiger partial charge in [-0.1, -0.05) is 41.9 Å². The Kier molecular flexibility index (Phi) is 5.74. The number of aromatic nitrogens is 1. The van der Waals surface area contributed by atoms with E-state index in [0.29, 0.717) is 0 Å². The van der Waals surface area contributed by atoms with Gasteiger partial charge in [0.1, 0.15) is 12.1 Å². The molecule has 0 saturated heterocycles. The Bertz CT molecular complexity index is 1020. The molecular formula is C20H16ClN3O3. The number of carbonyl (C=O) groups is 2. The molecule has 0 fully saturated rings. The normalized spacial score (nSPS) is 11.6. The molecule has 0 aliphatic rings. The number of nitrogens with zero attached hydrogens (tertiary/aromatic N) is 1. The van der Waals surface area contributed by atoms with E-state index in [1.807, 2.05) is 24.3 Å². The van der Waals surface area contributed by atoms with Gasteiger partial charge in [-0.25, -0.2) is 4.79 Å². The molecule has 0 spiro atoms. The summed E-state index contributed by atoms with van der Waals surface area (Å²) in [7, 11) is 0.